The molecule has 4 rings (SSSR count). The summed E-state index contributed by atoms with van der Waals surface area (Å²) in [6, 6.07) is 22.0. The predicted molar refractivity (Wildman–Crippen MR) is 143 cm³/mol. The van der Waals surface area contributed by atoms with Crippen molar-refractivity contribution in [2.24, 2.45) is 5.10 Å². The molecule has 0 saturated heterocycles. The third-order valence-corrected chi connectivity index (χ3v) is 6.42. The molecular weight excluding hydrogens is 542 g/mol. The number of aryl methyl sites for hydroxylation is 2. The maximum absolute atomic E-state index is 12.5. The first-order valence-corrected chi connectivity index (χ1v) is 12.7. The molecule has 0 aliphatic carbocycles. The zero-order chi connectivity index (χ0) is 25.5. The van der Waals surface area contributed by atoms with Crippen LogP contribution in [0.4, 0.5) is 0 Å². The monoisotopic (exact) mass is 563 g/mol. The molecule has 36 heavy (non-hydrogen) atoms. The van der Waals surface area contributed by atoms with E-state index in [9.17, 15) is 9.59 Å². The standard InChI is InChI=1S/C26H22BrN5O3S/c1-17-8-10-19(11-9-17)25(34)35-23-13-12-21(27)14-20(23)15-28-30-24(33)16-36-26-31-29-18(2)32(26)22-6-4-3-5-7-22/h3-15H,16H2,1-2H3,(H,30,33)/b28-15-. The zero-order valence-corrected chi connectivity index (χ0v) is 21.9. The molecule has 10 heteroatoms. The number of rotatable bonds is 8. The molecule has 0 bridgehead atoms. The fourth-order valence-electron chi connectivity index (χ4n) is 3.21. The Hall–Kier alpha value is -3.76. The Morgan fingerprint density at radius 3 is 2.56 bits per heavy atom. The lowest BCUT2D eigenvalue weighted by Gasteiger charge is -2.08. The minimum absolute atomic E-state index is 0.0933. The smallest absolute Gasteiger partial charge is 0.343 e. The summed E-state index contributed by atoms with van der Waals surface area (Å²) in [5, 5.41) is 12.9. The second-order valence-corrected chi connectivity index (χ2v) is 9.58. The Morgan fingerprint density at radius 2 is 1.81 bits per heavy atom. The number of amides is 1. The number of thioether (sulfide) groups is 1. The molecular formula is C26H22BrN5O3S. The second-order valence-electron chi connectivity index (χ2n) is 7.72. The van der Waals surface area contributed by atoms with Gasteiger partial charge in [0, 0.05) is 15.7 Å². The molecule has 0 fully saturated rings. The van der Waals surface area contributed by atoms with Crippen LogP contribution in [-0.4, -0.2) is 38.6 Å². The van der Waals surface area contributed by atoms with Crippen LogP contribution in [0.25, 0.3) is 5.69 Å². The summed E-state index contributed by atoms with van der Waals surface area (Å²) < 4.78 is 8.22. The quantitative estimate of drug-likeness (QED) is 0.105. The van der Waals surface area contributed by atoms with Crippen LogP contribution in [0, 0.1) is 13.8 Å². The Morgan fingerprint density at radius 1 is 1.06 bits per heavy atom. The highest BCUT2D eigenvalue weighted by atomic mass is 79.9. The molecule has 1 amide bonds. The Kier molecular flexibility index (Phi) is 8.29. The van der Waals surface area contributed by atoms with Crippen LogP contribution in [0.15, 0.2) is 87.5 Å². The normalized spacial score (nSPS) is 11.0. The number of carbonyl (C=O) groups excluding carboxylic acids is 2. The molecule has 182 valence electrons. The van der Waals surface area contributed by atoms with E-state index in [1.54, 1.807) is 30.3 Å². The molecule has 1 N–H and O–H groups in total. The van der Waals surface area contributed by atoms with E-state index < -0.39 is 5.97 Å². The Balaban J connectivity index is 1.38. The van der Waals surface area contributed by atoms with Crippen molar-refractivity contribution in [1.82, 2.24) is 20.2 Å². The van der Waals surface area contributed by atoms with E-state index in [1.165, 1.54) is 18.0 Å². The van der Waals surface area contributed by atoms with Gasteiger partial charge in [0.05, 0.1) is 17.5 Å². The van der Waals surface area contributed by atoms with Crippen LogP contribution in [0.2, 0.25) is 0 Å². The maximum Gasteiger partial charge on any atom is 0.343 e. The number of nitrogens with one attached hydrogen (secondary N) is 1. The lowest BCUT2D eigenvalue weighted by Crippen LogP contribution is -2.20. The Labute approximate surface area is 220 Å². The fraction of sp³-hybridized carbons (Fsp3) is 0.115. The molecule has 1 heterocycles. The summed E-state index contributed by atoms with van der Waals surface area (Å²) in [6.45, 7) is 3.80. The highest BCUT2D eigenvalue weighted by molar-refractivity contribution is 9.10. The van der Waals surface area contributed by atoms with Gasteiger partial charge in [-0.1, -0.05) is 63.6 Å². The highest BCUT2D eigenvalue weighted by Gasteiger charge is 2.14. The van der Waals surface area contributed by atoms with E-state index in [0.29, 0.717) is 22.0 Å². The second kappa shape index (κ2) is 11.8. The molecule has 0 aliphatic rings. The lowest BCUT2D eigenvalue weighted by atomic mass is 10.1. The first kappa shape index (κ1) is 25.3. The molecule has 0 spiro atoms. The molecule has 0 radical (unpaired) electrons. The number of hydrazone groups is 1. The van der Waals surface area contributed by atoms with Gasteiger partial charge in [0.2, 0.25) is 0 Å². The van der Waals surface area contributed by atoms with Gasteiger partial charge in [-0.2, -0.15) is 5.10 Å². The van der Waals surface area contributed by atoms with Crippen LogP contribution in [0.1, 0.15) is 27.3 Å². The number of halogens is 1. The number of para-hydroxylation sites is 1. The lowest BCUT2D eigenvalue weighted by molar-refractivity contribution is -0.118. The molecule has 0 atom stereocenters. The summed E-state index contributed by atoms with van der Waals surface area (Å²) in [5.74, 6) is 0.345. The van der Waals surface area contributed by atoms with E-state index in [4.69, 9.17) is 4.74 Å². The minimum atomic E-state index is -0.481. The van der Waals surface area contributed by atoms with Crippen molar-refractivity contribution in [1.29, 1.82) is 0 Å². The third kappa shape index (κ3) is 6.46. The van der Waals surface area contributed by atoms with E-state index in [2.05, 4.69) is 36.7 Å². The number of esters is 1. The Bertz CT molecular complexity index is 1410. The number of carbonyl (C=O) groups is 2. The average molecular weight is 564 g/mol. The predicted octanol–water partition coefficient (Wildman–Crippen LogP) is 5.11. The van der Waals surface area contributed by atoms with Crippen molar-refractivity contribution >= 4 is 45.8 Å². The molecule has 0 aliphatic heterocycles. The van der Waals surface area contributed by atoms with Gasteiger partial charge >= 0.3 is 5.97 Å². The first-order chi connectivity index (χ1) is 17.4. The summed E-state index contributed by atoms with van der Waals surface area (Å²) in [5.41, 5.74) is 5.44. The van der Waals surface area contributed by atoms with Gasteiger partial charge < -0.3 is 4.74 Å². The van der Waals surface area contributed by atoms with Crippen molar-refractivity contribution in [3.05, 3.63) is 99.8 Å². The molecule has 0 saturated carbocycles. The number of nitrogens with zero attached hydrogens (tertiary/aromatic N) is 4. The van der Waals surface area contributed by atoms with E-state index >= 15 is 0 Å². The third-order valence-electron chi connectivity index (χ3n) is 5.00. The topological polar surface area (TPSA) is 98.5 Å². The molecule has 8 nitrogen and oxygen atoms in total. The SMILES string of the molecule is Cc1ccc(C(=O)Oc2ccc(Br)cc2/C=N\NC(=O)CSc2nnc(C)n2-c2ccccc2)cc1. The molecule has 3 aromatic carbocycles. The number of benzene rings is 3. The number of hydrogen-bond donors (Lipinski definition) is 1. The van der Waals surface area contributed by atoms with Crippen LogP contribution in [0.3, 0.4) is 0 Å². The van der Waals surface area contributed by atoms with Gasteiger partial charge in [0.15, 0.2) is 5.16 Å². The first-order valence-electron chi connectivity index (χ1n) is 10.9. The number of aromatic nitrogens is 3. The molecule has 1 aromatic heterocycles. The summed E-state index contributed by atoms with van der Waals surface area (Å²) in [4.78, 5) is 24.9. The summed E-state index contributed by atoms with van der Waals surface area (Å²) in [6.07, 6.45) is 1.43. The zero-order valence-electron chi connectivity index (χ0n) is 19.5. The van der Waals surface area contributed by atoms with Crippen LogP contribution in [-0.2, 0) is 4.79 Å². The molecule has 4 aromatic rings. The highest BCUT2D eigenvalue weighted by Crippen LogP contribution is 2.24. The van der Waals surface area contributed by atoms with Gasteiger partial charge in [-0.05, 0) is 56.3 Å². The van der Waals surface area contributed by atoms with Gasteiger partial charge in [0.1, 0.15) is 11.6 Å². The molecule has 0 unspecified atom stereocenters. The van der Waals surface area contributed by atoms with Gasteiger partial charge in [0.25, 0.3) is 5.91 Å². The fourth-order valence-corrected chi connectivity index (χ4v) is 4.38. The maximum atomic E-state index is 12.5. The van der Waals surface area contributed by atoms with Crippen LogP contribution in [0.5, 0.6) is 5.75 Å². The van der Waals surface area contributed by atoms with Crippen molar-refractivity contribution in [3.63, 3.8) is 0 Å². The van der Waals surface area contributed by atoms with Crippen LogP contribution < -0.4 is 10.2 Å². The van der Waals surface area contributed by atoms with Crippen molar-refractivity contribution in [3.8, 4) is 11.4 Å². The van der Waals surface area contributed by atoms with E-state index in [0.717, 1.165) is 21.5 Å². The van der Waals surface area contributed by atoms with Gasteiger partial charge in [-0.3, -0.25) is 9.36 Å². The van der Waals surface area contributed by atoms with Gasteiger partial charge in [-0.25, -0.2) is 10.2 Å². The minimum Gasteiger partial charge on any atom is -0.422 e. The number of hydrogen-bond acceptors (Lipinski definition) is 7. The van der Waals surface area contributed by atoms with E-state index in [1.807, 2.05) is 60.9 Å². The number of ether oxygens (including phenoxy) is 1. The van der Waals surface area contributed by atoms with Crippen molar-refractivity contribution < 1.29 is 14.3 Å². The van der Waals surface area contributed by atoms with Crippen LogP contribution >= 0.6 is 27.7 Å². The average Bonchev–Trinajstić information content (AvgIpc) is 3.25. The van der Waals surface area contributed by atoms with E-state index in [-0.39, 0.29) is 11.7 Å². The van der Waals surface area contributed by atoms with Crippen molar-refractivity contribution in [2.45, 2.75) is 19.0 Å². The van der Waals surface area contributed by atoms with Crippen molar-refractivity contribution in [2.75, 3.05) is 5.75 Å². The summed E-state index contributed by atoms with van der Waals surface area (Å²) in [7, 11) is 0. The largest absolute Gasteiger partial charge is 0.422 e. The summed E-state index contributed by atoms with van der Waals surface area (Å²) >= 11 is 4.66. The van der Waals surface area contributed by atoms with Gasteiger partial charge in [-0.15, -0.1) is 10.2 Å².